The number of aryl methyl sites for hydroxylation is 1. The molecule has 11 nitrogen and oxygen atoms in total. The topological polar surface area (TPSA) is 145 Å². The number of amides is 1. The lowest BCUT2D eigenvalue weighted by molar-refractivity contribution is -0.142. The summed E-state index contributed by atoms with van der Waals surface area (Å²) in [6, 6.07) is 24.0. The van der Waals surface area contributed by atoms with Crippen LogP contribution in [-0.2, 0) is 35.6 Å². The molecule has 2 aliphatic rings. The number of carbonyl (C=O) groups excluding carboxylic acids is 1. The number of benzene rings is 4. The number of hydrogen-bond donors (Lipinski definition) is 3. The first-order chi connectivity index (χ1) is 29.8. The highest BCUT2D eigenvalue weighted by Crippen LogP contribution is 2.41. The Morgan fingerprint density at radius 2 is 1.71 bits per heavy atom. The number of halogens is 2. The molecule has 0 unspecified atom stereocenters. The van der Waals surface area contributed by atoms with Crippen LogP contribution in [-0.4, -0.2) is 52.1 Å². The van der Waals surface area contributed by atoms with E-state index in [9.17, 15) is 14.7 Å². The highest BCUT2D eigenvalue weighted by molar-refractivity contribution is 6.42. The van der Waals surface area contributed by atoms with Crippen molar-refractivity contribution in [1.29, 1.82) is 0 Å². The fourth-order valence-electron chi connectivity index (χ4n) is 7.24. The van der Waals surface area contributed by atoms with E-state index in [2.05, 4.69) is 16.9 Å². The van der Waals surface area contributed by atoms with Crippen molar-refractivity contribution in [3.63, 3.8) is 0 Å². The summed E-state index contributed by atoms with van der Waals surface area (Å²) in [6.07, 6.45) is 7.13. The van der Waals surface area contributed by atoms with Crippen molar-refractivity contribution in [2.24, 2.45) is 5.73 Å². The van der Waals surface area contributed by atoms with E-state index >= 15 is 0 Å². The van der Waals surface area contributed by atoms with Gasteiger partial charge < -0.3 is 35.1 Å². The summed E-state index contributed by atoms with van der Waals surface area (Å²) in [5.41, 5.74) is 14.1. The van der Waals surface area contributed by atoms with Crippen molar-refractivity contribution in [2.45, 2.75) is 65.0 Å². The fraction of sp³-hybridized carbons (Fsp3) is 0.245. The number of fused-ring (bicyclic) bond motifs is 2. The van der Waals surface area contributed by atoms with Crippen LogP contribution < -0.4 is 30.0 Å². The molecule has 13 heteroatoms. The van der Waals surface area contributed by atoms with Gasteiger partial charge in [0.2, 0.25) is 5.91 Å². The number of aromatic nitrogens is 1. The van der Waals surface area contributed by atoms with Gasteiger partial charge in [0.05, 0.1) is 16.1 Å². The van der Waals surface area contributed by atoms with E-state index in [-0.39, 0.29) is 25.7 Å². The van der Waals surface area contributed by atoms with E-state index in [0.29, 0.717) is 64.1 Å². The molecule has 3 atom stereocenters. The summed E-state index contributed by atoms with van der Waals surface area (Å²) in [5.74, 6) is 1.58. The number of carboxylic acids is 1. The fourth-order valence-corrected chi connectivity index (χ4v) is 7.56. The summed E-state index contributed by atoms with van der Waals surface area (Å²) < 4.78 is 24.8. The second-order valence-electron chi connectivity index (χ2n) is 15.5. The molecule has 2 aliphatic heterocycles. The third-order valence-corrected chi connectivity index (χ3v) is 11.5. The molecular formula is C49H48Cl2N4O7. The van der Waals surface area contributed by atoms with Gasteiger partial charge in [-0.1, -0.05) is 77.8 Å². The van der Waals surface area contributed by atoms with Gasteiger partial charge in [0.1, 0.15) is 36.5 Å². The molecule has 0 saturated heterocycles. The Hall–Kier alpha value is -6.27. The number of carbonyl (C=O) groups is 2. The van der Waals surface area contributed by atoms with Gasteiger partial charge in [-0.25, -0.2) is 4.79 Å². The molecule has 0 radical (unpaired) electrons. The Morgan fingerprint density at radius 3 is 2.44 bits per heavy atom. The van der Waals surface area contributed by atoms with Gasteiger partial charge in [-0.05, 0) is 116 Å². The van der Waals surface area contributed by atoms with Gasteiger partial charge in [-0.15, -0.1) is 0 Å². The summed E-state index contributed by atoms with van der Waals surface area (Å²) in [7, 11) is 0. The van der Waals surface area contributed by atoms with Crippen LogP contribution in [0.3, 0.4) is 0 Å². The zero-order chi connectivity index (χ0) is 43.9. The number of nitrogens with zero attached hydrogens (tertiary/aromatic N) is 2. The molecule has 0 spiro atoms. The standard InChI is InChI=1S/C49H48Cl2N4O7/c1-29(2)6-5-7-37(52)26-55-25-36-24-46-45(60-28-47(62-46)34-11-15-38(16-12-34)59-27-33-10-17-40(50)41(51)20-33)23-35(36)22-43(55)48(56)54-42(49(57)58)21-32-8-13-39(14-9-32)61-44-18-19-53-31(4)30(44)3/h5-20,23-24,42-43,47H,1,21-22,25-28,52H2,2-4H3,(H,54,56)(H,57,58)/b6-5-,37-7-/t42-,43-,47+/m0/s1. The number of carboxylic acid groups (broad SMARTS) is 1. The zero-order valence-electron chi connectivity index (χ0n) is 34.7. The molecular weight excluding hydrogens is 827 g/mol. The first-order valence-electron chi connectivity index (χ1n) is 20.2. The molecule has 62 heavy (non-hydrogen) atoms. The molecule has 0 fully saturated rings. The first kappa shape index (κ1) is 43.8. The minimum Gasteiger partial charge on any atom is -0.489 e. The van der Waals surface area contributed by atoms with Crippen LogP contribution in [0.25, 0.3) is 0 Å². The average Bonchev–Trinajstić information content (AvgIpc) is 3.25. The first-order valence-corrected chi connectivity index (χ1v) is 20.9. The Balaban J connectivity index is 1.04. The number of nitrogens with two attached hydrogens (primary N) is 1. The molecule has 4 aromatic carbocycles. The number of hydrogen-bond acceptors (Lipinski definition) is 9. The Bertz CT molecular complexity index is 2520. The summed E-state index contributed by atoms with van der Waals surface area (Å²) in [4.78, 5) is 33.0. The minimum absolute atomic E-state index is 0.0696. The second kappa shape index (κ2) is 19.6. The van der Waals surface area contributed by atoms with Crippen LogP contribution in [0.15, 0.2) is 127 Å². The molecule has 0 bridgehead atoms. The van der Waals surface area contributed by atoms with E-state index in [4.69, 9.17) is 47.9 Å². The zero-order valence-corrected chi connectivity index (χ0v) is 36.2. The normalized spacial score (nSPS) is 16.6. The van der Waals surface area contributed by atoms with E-state index in [1.165, 1.54) is 0 Å². The third kappa shape index (κ3) is 11.0. The molecule has 3 heterocycles. The quantitative estimate of drug-likeness (QED) is 0.0871. The lowest BCUT2D eigenvalue weighted by atomic mass is 9.92. The van der Waals surface area contributed by atoms with Crippen molar-refractivity contribution in [3.05, 3.63) is 176 Å². The van der Waals surface area contributed by atoms with Gasteiger partial charge in [0.25, 0.3) is 0 Å². The predicted molar refractivity (Wildman–Crippen MR) is 240 cm³/mol. The maximum absolute atomic E-state index is 14.2. The van der Waals surface area contributed by atoms with Crippen molar-refractivity contribution in [3.8, 4) is 28.7 Å². The molecule has 1 amide bonds. The predicted octanol–water partition coefficient (Wildman–Crippen LogP) is 9.40. The lowest BCUT2D eigenvalue weighted by Gasteiger charge is -2.37. The number of nitrogens with one attached hydrogen (secondary N) is 1. The molecule has 1 aromatic heterocycles. The average molecular weight is 876 g/mol. The van der Waals surface area contributed by atoms with Gasteiger partial charge >= 0.3 is 5.97 Å². The summed E-state index contributed by atoms with van der Waals surface area (Å²) in [6.45, 7) is 10.9. The van der Waals surface area contributed by atoms with Crippen molar-refractivity contribution in [2.75, 3.05) is 13.2 Å². The number of aliphatic carboxylic acids is 1. The lowest BCUT2D eigenvalue weighted by Crippen LogP contribution is -2.55. The number of ether oxygens (including phenoxy) is 4. The van der Waals surface area contributed by atoms with Crippen LogP contribution in [0.4, 0.5) is 0 Å². The van der Waals surface area contributed by atoms with Crippen LogP contribution >= 0.6 is 23.2 Å². The second-order valence-corrected chi connectivity index (χ2v) is 16.3. The van der Waals surface area contributed by atoms with Gasteiger partial charge in [-0.3, -0.25) is 14.7 Å². The highest BCUT2D eigenvalue weighted by Gasteiger charge is 2.36. The van der Waals surface area contributed by atoms with Crippen LogP contribution in [0.5, 0.6) is 28.7 Å². The SMILES string of the molecule is C=C(C)/C=C\C=C(/N)CN1Cc2cc3c(cc2C[C@H]1C(=O)N[C@@H](Cc1ccc(Oc2ccnc(C)c2C)cc1)C(=O)O)OC[C@H](c1ccc(OCc2ccc(Cl)c(Cl)c2)cc1)O3. The number of rotatable bonds is 15. The molecule has 320 valence electrons. The van der Waals surface area contributed by atoms with E-state index in [1.54, 1.807) is 54.7 Å². The Kier molecular flexibility index (Phi) is 13.9. The third-order valence-electron chi connectivity index (χ3n) is 10.8. The van der Waals surface area contributed by atoms with E-state index in [0.717, 1.165) is 44.6 Å². The van der Waals surface area contributed by atoms with Crippen molar-refractivity contribution < 1.29 is 33.6 Å². The van der Waals surface area contributed by atoms with Gasteiger partial charge in [0, 0.05) is 42.7 Å². The Morgan fingerprint density at radius 1 is 0.984 bits per heavy atom. The summed E-state index contributed by atoms with van der Waals surface area (Å²) >= 11 is 12.2. The monoisotopic (exact) mass is 874 g/mol. The number of allylic oxidation sites excluding steroid dienone is 4. The van der Waals surface area contributed by atoms with Crippen LogP contribution in [0.1, 0.15) is 52.1 Å². The maximum atomic E-state index is 14.2. The molecule has 4 N–H and O–H groups in total. The minimum atomic E-state index is -1.19. The van der Waals surface area contributed by atoms with Gasteiger partial charge in [-0.2, -0.15) is 0 Å². The number of pyridine rings is 1. The summed E-state index contributed by atoms with van der Waals surface area (Å²) in [5, 5.41) is 14.1. The van der Waals surface area contributed by atoms with Crippen LogP contribution in [0.2, 0.25) is 10.0 Å². The van der Waals surface area contributed by atoms with Gasteiger partial charge in [0.15, 0.2) is 17.6 Å². The van der Waals surface area contributed by atoms with Crippen molar-refractivity contribution in [1.82, 2.24) is 15.2 Å². The largest absolute Gasteiger partial charge is 0.489 e. The van der Waals surface area contributed by atoms with E-state index < -0.39 is 24.0 Å². The smallest absolute Gasteiger partial charge is 0.326 e. The Labute approximate surface area is 371 Å². The highest BCUT2D eigenvalue weighted by atomic mass is 35.5. The molecule has 5 aromatic rings. The van der Waals surface area contributed by atoms with Crippen LogP contribution in [0, 0.1) is 13.8 Å². The maximum Gasteiger partial charge on any atom is 0.326 e. The molecule has 0 aliphatic carbocycles. The van der Waals surface area contributed by atoms with Crippen molar-refractivity contribution >= 4 is 35.1 Å². The molecule has 7 rings (SSSR count). The molecule has 0 saturated carbocycles. The van der Waals surface area contributed by atoms with E-state index in [1.807, 2.05) is 80.3 Å².